The van der Waals surface area contributed by atoms with Gasteiger partial charge in [-0.25, -0.2) is 9.97 Å². The Balaban J connectivity index is 1.28. The molecule has 4 aromatic rings. The molecule has 0 unspecified atom stereocenters. The van der Waals surface area contributed by atoms with E-state index in [0.717, 1.165) is 53.3 Å². The number of benzene rings is 1. The van der Waals surface area contributed by atoms with Gasteiger partial charge in [0.25, 0.3) is 11.8 Å². The number of fused-ring (bicyclic) bond motifs is 1. The van der Waals surface area contributed by atoms with Crippen LogP contribution in [0.5, 0.6) is 0 Å². The van der Waals surface area contributed by atoms with Crippen molar-refractivity contribution in [3.63, 3.8) is 0 Å². The maximum Gasteiger partial charge on any atom is 0.268 e. The molecule has 0 bridgehead atoms. The van der Waals surface area contributed by atoms with Crippen LogP contribution in [-0.4, -0.2) is 50.4 Å². The molecule has 1 aromatic carbocycles. The third-order valence-corrected chi connectivity index (χ3v) is 9.06. The minimum absolute atomic E-state index is 0.146. The molecule has 228 valence electrons. The number of rotatable bonds is 10. The van der Waals surface area contributed by atoms with Crippen LogP contribution in [-0.2, 0) is 17.9 Å². The molecule has 0 spiro atoms. The SMILES string of the molecule is CC(C)(C)/C=C(/C#N)C(=O)N1CCC[C@@H]1Cn1c(NC(=O)c2ccc(-c3cnco3)s2)nc2cc(CNCC3CC3)ccc21. The average molecular weight is 612 g/mol. The Hall–Kier alpha value is -4.27. The lowest BCUT2D eigenvalue weighted by molar-refractivity contribution is -0.127. The third kappa shape index (κ3) is 6.77. The molecule has 11 heteroatoms. The van der Waals surface area contributed by atoms with E-state index in [2.05, 4.69) is 33.8 Å². The smallest absolute Gasteiger partial charge is 0.268 e. The van der Waals surface area contributed by atoms with Crippen LogP contribution in [0, 0.1) is 22.7 Å². The first-order valence-electron chi connectivity index (χ1n) is 15.1. The van der Waals surface area contributed by atoms with E-state index >= 15 is 0 Å². The second-order valence-corrected chi connectivity index (χ2v) is 13.8. The fourth-order valence-electron chi connectivity index (χ4n) is 5.63. The molecular formula is C33H37N7O3S. The summed E-state index contributed by atoms with van der Waals surface area (Å²) >= 11 is 1.32. The Labute approximate surface area is 260 Å². The van der Waals surface area contributed by atoms with E-state index in [1.165, 1.54) is 30.6 Å². The van der Waals surface area contributed by atoms with E-state index in [-0.39, 0.29) is 28.8 Å². The molecule has 2 aliphatic rings. The predicted molar refractivity (Wildman–Crippen MR) is 170 cm³/mol. The van der Waals surface area contributed by atoms with Crippen molar-refractivity contribution in [3.05, 3.63) is 65.0 Å². The highest BCUT2D eigenvalue weighted by atomic mass is 32.1. The second-order valence-electron chi connectivity index (χ2n) is 12.8. The summed E-state index contributed by atoms with van der Waals surface area (Å²) in [6.07, 6.45) is 8.96. The molecule has 3 aromatic heterocycles. The van der Waals surface area contributed by atoms with Crippen molar-refractivity contribution in [3.8, 4) is 16.7 Å². The topological polar surface area (TPSA) is 129 Å². The van der Waals surface area contributed by atoms with Gasteiger partial charge in [-0.3, -0.25) is 14.9 Å². The summed E-state index contributed by atoms with van der Waals surface area (Å²) in [6, 6.07) is 11.8. The van der Waals surface area contributed by atoms with E-state index in [0.29, 0.717) is 29.7 Å². The van der Waals surface area contributed by atoms with Gasteiger partial charge in [-0.05, 0) is 73.4 Å². The van der Waals surface area contributed by atoms with Gasteiger partial charge in [0.1, 0.15) is 11.6 Å². The summed E-state index contributed by atoms with van der Waals surface area (Å²) in [4.78, 5) is 38.9. The second kappa shape index (κ2) is 12.4. The number of hydrogen-bond donors (Lipinski definition) is 2. The predicted octanol–water partition coefficient (Wildman–Crippen LogP) is 5.99. The van der Waals surface area contributed by atoms with Crippen molar-refractivity contribution in [1.82, 2.24) is 24.8 Å². The van der Waals surface area contributed by atoms with Crippen molar-refractivity contribution < 1.29 is 14.0 Å². The molecule has 44 heavy (non-hydrogen) atoms. The molecule has 4 heterocycles. The number of nitriles is 1. The van der Waals surface area contributed by atoms with Gasteiger partial charge in [0.15, 0.2) is 12.2 Å². The summed E-state index contributed by atoms with van der Waals surface area (Å²) in [6.45, 7) is 8.72. The number of anilines is 1. The molecule has 2 fully saturated rings. The molecule has 1 aliphatic heterocycles. The van der Waals surface area contributed by atoms with Gasteiger partial charge in [-0.1, -0.05) is 32.9 Å². The lowest BCUT2D eigenvalue weighted by Crippen LogP contribution is -2.39. The summed E-state index contributed by atoms with van der Waals surface area (Å²) < 4.78 is 7.39. The minimum Gasteiger partial charge on any atom is -0.443 e. The van der Waals surface area contributed by atoms with Crippen LogP contribution in [0.1, 0.15) is 61.7 Å². The Morgan fingerprint density at radius 3 is 2.77 bits per heavy atom. The number of amides is 2. The van der Waals surface area contributed by atoms with Crippen molar-refractivity contribution in [2.45, 2.75) is 65.6 Å². The highest BCUT2D eigenvalue weighted by molar-refractivity contribution is 7.17. The number of carbonyl (C=O) groups is 2. The van der Waals surface area contributed by atoms with Crippen LogP contribution in [0.25, 0.3) is 21.7 Å². The van der Waals surface area contributed by atoms with E-state index in [9.17, 15) is 14.9 Å². The highest BCUT2D eigenvalue weighted by Crippen LogP contribution is 2.31. The first kappa shape index (κ1) is 29.8. The maximum absolute atomic E-state index is 13.5. The van der Waals surface area contributed by atoms with Crippen molar-refractivity contribution >= 4 is 40.1 Å². The number of aromatic nitrogens is 3. The first-order chi connectivity index (χ1) is 21.2. The van der Waals surface area contributed by atoms with Gasteiger partial charge >= 0.3 is 0 Å². The number of nitrogens with zero attached hydrogens (tertiary/aromatic N) is 5. The van der Waals surface area contributed by atoms with E-state index in [1.807, 2.05) is 37.5 Å². The summed E-state index contributed by atoms with van der Waals surface area (Å²) in [5.74, 6) is 1.30. The largest absolute Gasteiger partial charge is 0.443 e. The zero-order valence-electron chi connectivity index (χ0n) is 25.3. The van der Waals surface area contributed by atoms with Crippen LogP contribution in [0.4, 0.5) is 5.95 Å². The van der Waals surface area contributed by atoms with E-state index in [4.69, 9.17) is 9.40 Å². The number of oxazole rings is 1. The summed E-state index contributed by atoms with van der Waals surface area (Å²) in [5.41, 5.74) is 2.65. The monoisotopic (exact) mass is 611 g/mol. The average Bonchev–Trinajstić information content (AvgIpc) is 3.44. The van der Waals surface area contributed by atoms with Crippen molar-refractivity contribution in [2.24, 2.45) is 11.3 Å². The molecule has 0 radical (unpaired) electrons. The molecule has 1 aliphatic carbocycles. The number of thiophene rings is 1. The molecule has 1 saturated heterocycles. The lowest BCUT2D eigenvalue weighted by atomic mass is 9.93. The van der Waals surface area contributed by atoms with Crippen molar-refractivity contribution in [2.75, 3.05) is 18.4 Å². The first-order valence-corrected chi connectivity index (χ1v) is 15.9. The Bertz CT molecular complexity index is 1730. The molecule has 6 rings (SSSR count). The standard InChI is InChI=1S/C33H37N7O3S/c1-33(2,3)14-23(15-34)31(42)39-12-4-5-24(39)19-40-26-9-8-22(17-35-16-21-6-7-21)13-25(26)37-32(40)38-30(41)29-11-10-28(44-29)27-18-36-20-43-27/h8-11,13-14,18,20-21,24,35H,4-7,12,16-17,19H2,1-3H3,(H,37,38,41)/b23-14-/t24-/m1/s1. The maximum atomic E-state index is 13.5. The molecule has 1 saturated carbocycles. The van der Waals surface area contributed by atoms with Gasteiger partial charge in [0.05, 0.1) is 33.0 Å². The molecule has 2 N–H and O–H groups in total. The zero-order valence-corrected chi connectivity index (χ0v) is 26.1. The molecule has 2 amide bonds. The van der Waals surface area contributed by atoms with Crippen LogP contribution >= 0.6 is 11.3 Å². The molecule has 10 nitrogen and oxygen atoms in total. The quantitative estimate of drug-likeness (QED) is 0.166. The number of nitrogens with one attached hydrogen (secondary N) is 2. The van der Waals surface area contributed by atoms with E-state index < -0.39 is 0 Å². The van der Waals surface area contributed by atoms with Gasteiger partial charge in [0.2, 0.25) is 5.95 Å². The third-order valence-electron chi connectivity index (χ3n) is 7.96. The number of likely N-dealkylation sites (tertiary alicyclic amines) is 1. The Morgan fingerprint density at radius 1 is 1.20 bits per heavy atom. The zero-order chi connectivity index (χ0) is 30.8. The van der Waals surface area contributed by atoms with E-state index in [1.54, 1.807) is 23.2 Å². The van der Waals surface area contributed by atoms with Gasteiger partial charge in [0, 0.05) is 19.6 Å². The minimum atomic E-state index is -0.297. The number of imidazole rings is 1. The van der Waals surface area contributed by atoms with Gasteiger partial charge in [-0.2, -0.15) is 5.26 Å². The van der Waals surface area contributed by atoms with Crippen LogP contribution in [0.15, 0.2) is 59.0 Å². The number of allylic oxidation sites excluding steroid dienone is 1. The molecule has 1 atom stereocenters. The number of carbonyl (C=O) groups excluding carboxylic acids is 2. The normalized spacial score (nSPS) is 17.3. The fraction of sp³-hybridized carbons (Fsp3) is 0.424. The van der Waals surface area contributed by atoms with Crippen LogP contribution in [0.2, 0.25) is 0 Å². The summed E-state index contributed by atoms with van der Waals surface area (Å²) in [7, 11) is 0. The van der Waals surface area contributed by atoms with Crippen molar-refractivity contribution in [1.29, 1.82) is 5.26 Å². The van der Waals surface area contributed by atoms with Crippen LogP contribution in [0.3, 0.4) is 0 Å². The Morgan fingerprint density at radius 2 is 2.05 bits per heavy atom. The lowest BCUT2D eigenvalue weighted by Gasteiger charge is -2.26. The van der Waals surface area contributed by atoms with Gasteiger partial charge < -0.3 is 19.2 Å². The Kier molecular flexibility index (Phi) is 8.38. The van der Waals surface area contributed by atoms with Gasteiger partial charge in [-0.15, -0.1) is 11.3 Å². The number of hydrogen-bond acceptors (Lipinski definition) is 8. The summed E-state index contributed by atoms with van der Waals surface area (Å²) in [5, 5.41) is 16.4. The highest BCUT2D eigenvalue weighted by Gasteiger charge is 2.33. The van der Waals surface area contributed by atoms with Crippen LogP contribution < -0.4 is 10.6 Å². The fourth-order valence-corrected chi connectivity index (χ4v) is 6.49. The molecular weight excluding hydrogens is 574 g/mol.